The minimum atomic E-state index is -1.12. The number of hydrogen-bond donors (Lipinski definition) is 4. The van der Waals surface area contributed by atoms with Gasteiger partial charge in [0, 0.05) is 0 Å². The maximum Gasteiger partial charge on any atom is 0.151 e. The molecule has 4 N–H and O–H groups in total. The lowest BCUT2D eigenvalue weighted by Gasteiger charge is -1.90. The summed E-state index contributed by atoms with van der Waals surface area (Å²) in [4.78, 5) is 0. The molecule has 0 fully saturated rings. The molecular weight excluding hydrogens is 212 g/mol. The van der Waals surface area contributed by atoms with Crippen LogP contribution >= 0.6 is 0 Å². The maximum atomic E-state index is 7.92. The van der Waals surface area contributed by atoms with E-state index in [1.165, 1.54) is 0 Å². The molecule has 0 spiro atoms. The second kappa shape index (κ2) is 23.8. The van der Waals surface area contributed by atoms with Gasteiger partial charge in [-0.2, -0.15) is 0 Å². The molecule has 0 saturated heterocycles. The van der Waals surface area contributed by atoms with E-state index in [1.54, 1.807) is 19.1 Å². The molecule has 0 aliphatic rings. The van der Waals surface area contributed by atoms with E-state index < -0.39 is 6.29 Å². The first-order valence-corrected chi connectivity index (χ1v) is 4.97. The van der Waals surface area contributed by atoms with E-state index in [4.69, 9.17) is 25.2 Å². The van der Waals surface area contributed by atoms with Gasteiger partial charge in [-0.3, -0.25) is 0 Å². The standard InChI is InChI=1S/C6H10O.C3H8O2.C2H6O2/c1-3-5-7-6-4-2;1-2-3(4)5;3-1-2-4/h3-4H,1-2,5-6H2;3-5H,2H2,1H3;3-4H,1-2H2. The molecule has 16 heavy (non-hydrogen) atoms. The van der Waals surface area contributed by atoms with Crippen LogP contribution in [0.5, 0.6) is 0 Å². The van der Waals surface area contributed by atoms with Gasteiger partial charge in [-0.25, -0.2) is 0 Å². The Morgan fingerprint density at radius 2 is 1.38 bits per heavy atom. The van der Waals surface area contributed by atoms with Gasteiger partial charge in [-0.05, 0) is 6.42 Å². The van der Waals surface area contributed by atoms with Crippen molar-refractivity contribution in [3.05, 3.63) is 25.3 Å². The molecule has 0 rings (SSSR count). The molecule has 0 amide bonds. The SMILES string of the molecule is C=CCOCC=C.CCC(O)O.OCCO. The largest absolute Gasteiger partial charge is 0.394 e. The molecule has 0 aliphatic heterocycles. The van der Waals surface area contributed by atoms with E-state index in [-0.39, 0.29) is 13.2 Å². The smallest absolute Gasteiger partial charge is 0.151 e. The molecule has 0 atom stereocenters. The second-order valence-electron chi connectivity index (χ2n) is 2.45. The summed E-state index contributed by atoms with van der Waals surface area (Å²) in [7, 11) is 0. The highest BCUT2D eigenvalue weighted by Gasteiger charge is 1.83. The van der Waals surface area contributed by atoms with Gasteiger partial charge in [0.05, 0.1) is 26.4 Å². The van der Waals surface area contributed by atoms with Gasteiger partial charge in [0.15, 0.2) is 6.29 Å². The fraction of sp³-hybridized carbons (Fsp3) is 0.636. The van der Waals surface area contributed by atoms with E-state index in [2.05, 4.69) is 13.2 Å². The quantitative estimate of drug-likeness (QED) is 0.297. The monoisotopic (exact) mass is 236 g/mol. The zero-order valence-electron chi connectivity index (χ0n) is 9.88. The number of ether oxygens (including phenoxy) is 1. The lowest BCUT2D eigenvalue weighted by atomic mass is 10.5. The van der Waals surface area contributed by atoms with Crippen LogP contribution < -0.4 is 0 Å². The molecule has 0 aromatic carbocycles. The maximum absolute atomic E-state index is 7.92. The Morgan fingerprint density at radius 3 is 1.50 bits per heavy atom. The highest BCUT2D eigenvalue weighted by atomic mass is 16.5. The van der Waals surface area contributed by atoms with Gasteiger partial charge in [-0.1, -0.05) is 19.1 Å². The van der Waals surface area contributed by atoms with Gasteiger partial charge in [0.25, 0.3) is 0 Å². The van der Waals surface area contributed by atoms with E-state index in [9.17, 15) is 0 Å². The fourth-order valence-electron chi connectivity index (χ4n) is 0.235. The van der Waals surface area contributed by atoms with Crippen molar-refractivity contribution in [1.82, 2.24) is 0 Å². The lowest BCUT2D eigenvalue weighted by Crippen LogP contribution is -1.99. The molecule has 0 saturated carbocycles. The average Bonchev–Trinajstić information content (AvgIpc) is 2.31. The van der Waals surface area contributed by atoms with Crippen molar-refractivity contribution in [3.63, 3.8) is 0 Å². The van der Waals surface area contributed by atoms with Crippen LogP contribution in [-0.2, 0) is 4.74 Å². The first kappa shape index (κ1) is 20.7. The van der Waals surface area contributed by atoms with Crippen LogP contribution in [0.1, 0.15) is 13.3 Å². The average molecular weight is 236 g/mol. The van der Waals surface area contributed by atoms with Gasteiger partial charge < -0.3 is 25.2 Å². The molecule has 0 heterocycles. The molecule has 5 nitrogen and oxygen atoms in total. The summed E-state index contributed by atoms with van der Waals surface area (Å²) in [6.07, 6.45) is 2.72. The third kappa shape index (κ3) is 50.8. The zero-order chi connectivity index (χ0) is 13.2. The van der Waals surface area contributed by atoms with Crippen LogP contribution in [0.15, 0.2) is 25.3 Å². The highest BCUT2D eigenvalue weighted by Crippen LogP contribution is 1.77. The van der Waals surface area contributed by atoms with Crippen molar-refractivity contribution in [1.29, 1.82) is 0 Å². The van der Waals surface area contributed by atoms with Crippen LogP contribution in [0.4, 0.5) is 0 Å². The Kier molecular flexibility index (Phi) is 30.8. The summed E-state index contributed by atoms with van der Waals surface area (Å²) >= 11 is 0. The molecule has 0 aromatic rings. The van der Waals surface area contributed by atoms with Gasteiger partial charge in [-0.15, -0.1) is 13.2 Å². The zero-order valence-corrected chi connectivity index (χ0v) is 9.88. The summed E-state index contributed by atoms with van der Waals surface area (Å²) in [6.45, 7) is 9.63. The molecule has 5 heteroatoms. The molecule has 0 aliphatic carbocycles. The van der Waals surface area contributed by atoms with Crippen LogP contribution in [0.25, 0.3) is 0 Å². The minimum Gasteiger partial charge on any atom is -0.394 e. The summed E-state index contributed by atoms with van der Waals surface area (Å²) < 4.78 is 4.90. The highest BCUT2D eigenvalue weighted by molar-refractivity contribution is 4.68. The van der Waals surface area contributed by atoms with Crippen LogP contribution in [0, 0.1) is 0 Å². The number of hydrogen-bond acceptors (Lipinski definition) is 5. The summed E-state index contributed by atoms with van der Waals surface area (Å²) in [5.74, 6) is 0. The summed E-state index contributed by atoms with van der Waals surface area (Å²) in [5, 5.41) is 31.1. The minimum absolute atomic E-state index is 0.125. The summed E-state index contributed by atoms with van der Waals surface area (Å²) in [6, 6.07) is 0. The molecule has 98 valence electrons. The Morgan fingerprint density at radius 1 is 1.06 bits per heavy atom. The predicted octanol–water partition coefficient (Wildman–Crippen LogP) is 0.0531. The third-order valence-electron chi connectivity index (χ3n) is 0.937. The van der Waals surface area contributed by atoms with Crippen LogP contribution in [-0.4, -0.2) is 53.1 Å². The van der Waals surface area contributed by atoms with Gasteiger partial charge in [0.1, 0.15) is 0 Å². The van der Waals surface area contributed by atoms with E-state index in [1.807, 2.05) is 0 Å². The first-order valence-electron chi connectivity index (χ1n) is 4.97. The van der Waals surface area contributed by atoms with E-state index >= 15 is 0 Å². The molecular formula is C11H24O5. The van der Waals surface area contributed by atoms with Gasteiger partial charge >= 0.3 is 0 Å². The van der Waals surface area contributed by atoms with E-state index in [0.717, 1.165) is 0 Å². The van der Waals surface area contributed by atoms with Crippen LogP contribution in [0.3, 0.4) is 0 Å². The van der Waals surface area contributed by atoms with Crippen molar-refractivity contribution in [2.45, 2.75) is 19.6 Å². The lowest BCUT2D eigenvalue weighted by molar-refractivity contribution is -0.0413. The predicted molar refractivity (Wildman–Crippen MR) is 63.9 cm³/mol. The normalized spacial score (nSPS) is 8.38. The molecule has 0 bridgehead atoms. The second-order valence-corrected chi connectivity index (χ2v) is 2.45. The van der Waals surface area contributed by atoms with Crippen molar-refractivity contribution in [2.24, 2.45) is 0 Å². The number of rotatable bonds is 6. The van der Waals surface area contributed by atoms with Crippen LogP contribution in [0.2, 0.25) is 0 Å². The first-order chi connectivity index (χ1) is 7.60. The van der Waals surface area contributed by atoms with Crippen molar-refractivity contribution in [3.8, 4) is 0 Å². The number of aliphatic hydroxyl groups is 4. The Labute approximate surface area is 97.3 Å². The molecule has 0 unspecified atom stereocenters. The third-order valence-corrected chi connectivity index (χ3v) is 0.937. The van der Waals surface area contributed by atoms with Crippen molar-refractivity contribution >= 4 is 0 Å². The van der Waals surface area contributed by atoms with Crippen molar-refractivity contribution < 1.29 is 25.2 Å². The topological polar surface area (TPSA) is 90.2 Å². The van der Waals surface area contributed by atoms with Crippen molar-refractivity contribution in [2.75, 3.05) is 26.4 Å². The molecule has 0 radical (unpaired) electrons. The Bertz CT molecular complexity index is 116. The number of aliphatic hydroxyl groups excluding tert-OH is 3. The Hall–Kier alpha value is -0.720. The Balaban J connectivity index is -0.000000166. The summed E-state index contributed by atoms with van der Waals surface area (Å²) in [5.41, 5.74) is 0. The fourth-order valence-corrected chi connectivity index (χ4v) is 0.235. The molecule has 0 aromatic heterocycles. The van der Waals surface area contributed by atoms with Gasteiger partial charge in [0.2, 0.25) is 0 Å². The van der Waals surface area contributed by atoms with E-state index in [0.29, 0.717) is 19.6 Å².